The maximum Gasteiger partial charge on any atom is 0.337 e. The van der Waals surface area contributed by atoms with Crippen LogP contribution in [0.15, 0.2) is 42.6 Å². The van der Waals surface area contributed by atoms with Crippen LogP contribution in [0.2, 0.25) is 0 Å². The van der Waals surface area contributed by atoms with Crippen LogP contribution in [0.3, 0.4) is 0 Å². The molecule has 80 valence electrons. The summed E-state index contributed by atoms with van der Waals surface area (Å²) in [6, 6.07) is 10.3. The predicted molar refractivity (Wildman–Crippen MR) is 61.0 cm³/mol. The highest BCUT2D eigenvalue weighted by atomic mass is 16.4. The van der Waals surface area contributed by atoms with E-state index in [2.05, 4.69) is 4.98 Å². The van der Waals surface area contributed by atoms with Crippen molar-refractivity contribution >= 4 is 11.7 Å². The van der Waals surface area contributed by atoms with Crippen LogP contribution >= 0.6 is 0 Å². The molecule has 0 aliphatic heterocycles. The van der Waals surface area contributed by atoms with Gasteiger partial charge in [-0.2, -0.15) is 0 Å². The highest BCUT2D eigenvalue weighted by Crippen LogP contribution is 2.26. The normalized spacial score (nSPS) is 10.0. The molecule has 4 heteroatoms. The Morgan fingerprint density at radius 3 is 2.62 bits per heavy atom. The average molecular weight is 214 g/mol. The van der Waals surface area contributed by atoms with Crippen molar-refractivity contribution in [3.8, 4) is 11.3 Å². The van der Waals surface area contributed by atoms with E-state index in [0.717, 1.165) is 0 Å². The van der Waals surface area contributed by atoms with Crippen LogP contribution in [0.1, 0.15) is 10.4 Å². The van der Waals surface area contributed by atoms with Crippen LogP contribution in [-0.4, -0.2) is 16.1 Å². The van der Waals surface area contributed by atoms with Crippen molar-refractivity contribution in [3.63, 3.8) is 0 Å². The lowest BCUT2D eigenvalue weighted by molar-refractivity contribution is 0.0698. The molecule has 4 nitrogen and oxygen atoms in total. The van der Waals surface area contributed by atoms with Crippen molar-refractivity contribution in [1.82, 2.24) is 4.98 Å². The number of hydrogen-bond acceptors (Lipinski definition) is 3. The van der Waals surface area contributed by atoms with Crippen LogP contribution in [0.4, 0.5) is 5.69 Å². The molecular weight excluding hydrogens is 204 g/mol. The third-order valence-electron chi connectivity index (χ3n) is 2.28. The summed E-state index contributed by atoms with van der Waals surface area (Å²) in [5.74, 6) is -1.03. The van der Waals surface area contributed by atoms with Crippen molar-refractivity contribution in [2.24, 2.45) is 0 Å². The SMILES string of the molecule is Nc1c(C(=O)O)cccc1-c1ccccn1. The molecule has 0 unspecified atom stereocenters. The van der Waals surface area contributed by atoms with Crippen molar-refractivity contribution in [2.75, 3.05) is 5.73 Å². The van der Waals surface area contributed by atoms with Crippen LogP contribution in [0.25, 0.3) is 11.3 Å². The minimum atomic E-state index is -1.03. The number of carboxylic acid groups (broad SMARTS) is 1. The predicted octanol–water partition coefficient (Wildman–Crippen LogP) is 2.03. The van der Waals surface area contributed by atoms with Gasteiger partial charge in [-0.15, -0.1) is 0 Å². The summed E-state index contributed by atoms with van der Waals surface area (Å²) in [5, 5.41) is 8.94. The largest absolute Gasteiger partial charge is 0.478 e. The van der Waals surface area contributed by atoms with Gasteiger partial charge in [-0.3, -0.25) is 4.98 Å². The molecule has 0 aliphatic carbocycles. The van der Waals surface area contributed by atoms with E-state index in [0.29, 0.717) is 11.3 Å². The number of aromatic carboxylic acids is 1. The van der Waals surface area contributed by atoms with E-state index in [1.807, 2.05) is 6.07 Å². The monoisotopic (exact) mass is 214 g/mol. The molecule has 2 aromatic rings. The van der Waals surface area contributed by atoms with Crippen LogP contribution < -0.4 is 5.73 Å². The standard InChI is InChI=1S/C12H10N2O2/c13-11-8(10-6-1-2-7-14-10)4-3-5-9(11)12(15)16/h1-7H,13H2,(H,15,16). The minimum Gasteiger partial charge on any atom is -0.478 e. The van der Waals surface area contributed by atoms with Crippen molar-refractivity contribution in [3.05, 3.63) is 48.2 Å². The molecule has 0 saturated carbocycles. The average Bonchev–Trinajstić information content (AvgIpc) is 2.30. The lowest BCUT2D eigenvalue weighted by Gasteiger charge is -2.07. The van der Waals surface area contributed by atoms with E-state index >= 15 is 0 Å². The molecule has 2 rings (SSSR count). The zero-order valence-electron chi connectivity index (χ0n) is 8.42. The quantitative estimate of drug-likeness (QED) is 0.750. The van der Waals surface area contributed by atoms with Gasteiger partial charge in [-0.1, -0.05) is 18.2 Å². The van der Waals surface area contributed by atoms with Gasteiger partial charge in [0.25, 0.3) is 0 Å². The Morgan fingerprint density at radius 1 is 1.19 bits per heavy atom. The van der Waals surface area contributed by atoms with Crippen LogP contribution in [0.5, 0.6) is 0 Å². The molecule has 1 heterocycles. The molecular formula is C12H10N2O2. The third-order valence-corrected chi connectivity index (χ3v) is 2.28. The Labute approximate surface area is 92.4 Å². The summed E-state index contributed by atoms with van der Waals surface area (Å²) in [7, 11) is 0. The molecule has 0 amide bonds. The number of para-hydroxylation sites is 1. The first kappa shape index (κ1) is 10.2. The number of benzene rings is 1. The molecule has 0 radical (unpaired) electrons. The van der Waals surface area contributed by atoms with Gasteiger partial charge < -0.3 is 10.8 Å². The van der Waals surface area contributed by atoms with Crippen molar-refractivity contribution in [2.45, 2.75) is 0 Å². The Kier molecular flexibility index (Phi) is 2.55. The van der Waals surface area contributed by atoms with Gasteiger partial charge in [0.15, 0.2) is 0 Å². The summed E-state index contributed by atoms with van der Waals surface area (Å²) in [6.07, 6.45) is 1.64. The summed E-state index contributed by atoms with van der Waals surface area (Å²) >= 11 is 0. The number of aromatic nitrogens is 1. The molecule has 0 bridgehead atoms. The number of carbonyl (C=O) groups is 1. The number of rotatable bonds is 2. The van der Waals surface area contributed by atoms with E-state index in [1.165, 1.54) is 6.07 Å². The number of carboxylic acids is 1. The van der Waals surface area contributed by atoms with Crippen LogP contribution in [0, 0.1) is 0 Å². The first-order valence-electron chi connectivity index (χ1n) is 4.73. The lowest BCUT2D eigenvalue weighted by atomic mass is 10.0. The Balaban J connectivity index is 2.59. The summed E-state index contributed by atoms with van der Waals surface area (Å²) in [6.45, 7) is 0. The van der Waals surface area contributed by atoms with Gasteiger partial charge in [0.05, 0.1) is 16.9 Å². The van der Waals surface area contributed by atoms with E-state index in [4.69, 9.17) is 10.8 Å². The Bertz CT molecular complexity index is 524. The number of anilines is 1. The summed E-state index contributed by atoms with van der Waals surface area (Å²) in [4.78, 5) is 15.0. The van der Waals surface area contributed by atoms with E-state index in [-0.39, 0.29) is 11.3 Å². The highest BCUT2D eigenvalue weighted by Gasteiger charge is 2.12. The second kappa shape index (κ2) is 4.02. The zero-order chi connectivity index (χ0) is 11.5. The first-order chi connectivity index (χ1) is 7.70. The second-order valence-electron chi connectivity index (χ2n) is 3.29. The topological polar surface area (TPSA) is 76.2 Å². The van der Waals surface area contributed by atoms with Crippen LogP contribution in [-0.2, 0) is 0 Å². The molecule has 0 spiro atoms. The van der Waals surface area contributed by atoms with Gasteiger partial charge in [-0.05, 0) is 18.2 Å². The lowest BCUT2D eigenvalue weighted by Crippen LogP contribution is -2.03. The minimum absolute atomic E-state index is 0.100. The zero-order valence-corrected chi connectivity index (χ0v) is 8.42. The molecule has 0 saturated heterocycles. The van der Waals surface area contributed by atoms with Crippen molar-refractivity contribution < 1.29 is 9.90 Å². The smallest absolute Gasteiger partial charge is 0.337 e. The fourth-order valence-corrected chi connectivity index (χ4v) is 1.50. The summed E-state index contributed by atoms with van der Waals surface area (Å²) in [5.41, 5.74) is 7.45. The maximum absolute atomic E-state index is 10.9. The number of nitrogen functional groups attached to an aromatic ring is 1. The number of pyridine rings is 1. The fraction of sp³-hybridized carbons (Fsp3) is 0. The Hall–Kier alpha value is -2.36. The van der Waals surface area contributed by atoms with Crippen molar-refractivity contribution in [1.29, 1.82) is 0 Å². The molecule has 0 fully saturated rings. The number of hydrogen-bond donors (Lipinski definition) is 2. The fourth-order valence-electron chi connectivity index (χ4n) is 1.50. The second-order valence-corrected chi connectivity index (χ2v) is 3.29. The molecule has 0 aliphatic rings. The van der Waals surface area contributed by atoms with E-state index in [1.54, 1.807) is 30.5 Å². The molecule has 3 N–H and O–H groups in total. The van der Waals surface area contributed by atoms with Gasteiger partial charge in [-0.25, -0.2) is 4.79 Å². The summed E-state index contributed by atoms with van der Waals surface area (Å²) < 4.78 is 0. The van der Waals surface area contributed by atoms with E-state index in [9.17, 15) is 4.79 Å². The molecule has 0 atom stereocenters. The Morgan fingerprint density at radius 2 is 2.00 bits per heavy atom. The third kappa shape index (κ3) is 1.72. The van der Waals surface area contributed by atoms with Gasteiger partial charge in [0.1, 0.15) is 0 Å². The van der Waals surface area contributed by atoms with Gasteiger partial charge in [0, 0.05) is 11.8 Å². The van der Waals surface area contributed by atoms with E-state index < -0.39 is 5.97 Å². The highest BCUT2D eigenvalue weighted by molar-refractivity contribution is 5.97. The number of nitrogens with two attached hydrogens (primary N) is 1. The number of nitrogens with zero attached hydrogens (tertiary/aromatic N) is 1. The molecule has 1 aromatic heterocycles. The van der Waals surface area contributed by atoms with Gasteiger partial charge in [0.2, 0.25) is 0 Å². The molecule has 1 aromatic carbocycles. The van der Waals surface area contributed by atoms with Gasteiger partial charge >= 0.3 is 5.97 Å². The maximum atomic E-state index is 10.9. The first-order valence-corrected chi connectivity index (χ1v) is 4.73. The molecule has 16 heavy (non-hydrogen) atoms.